The second-order valence-corrected chi connectivity index (χ2v) is 14.9. The number of carbonyl (C=O) groups excluding carboxylic acids is 4. The van der Waals surface area contributed by atoms with Gasteiger partial charge in [-0.2, -0.15) is 10.2 Å². The van der Waals surface area contributed by atoms with Crippen molar-refractivity contribution in [3.05, 3.63) is 82.6 Å². The molecule has 5 amide bonds. The van der Waals surface area contributed by atoms with Gasteiger partial charge < -0.3 is 30.8 Å². The van der Waals surface area contributed by atoms with Gasteiger partial charge in [-0.3, -0.25) is 48.6 Å². The van der Waals surface area contributed by atoms with Gasteiger partial charge in [0.05, 0.1) is 29.1 Å². The maximum atomic E-state index is 13.8. The second-order valence-electron chi connectivity index (χ2n) is 14.9. The Hall–Kier alpha value is -7.62. The molecule has 63 heavy (non-hydrogen) atoms. The molecule has 7 rings (SSSR count). The summed E-state index contributed by atoms with van der Waals surface area (Å²) < 4.78 is 12.9. The third-order valence-electron chi connectivity index (χ3n) is 10.5. The topological polar surface area (TPSA) is 282 Å². The van der Waals surface area contributed by atoms with Crippen LogP contribution < -0.4 is 26.8 Å². The first-order chi connectivity index (χ1) is 30.2. The van der Waals surface area contributed by atoms with Gasteiger partial charge in [0.1, 0.15) is 28.2 Å². The summed E-state index contributed by atoms with van der Waals surface area (Å²) in [6.07, 6.45) is 4.65. The molecule has 1 aliphatic rings. The van der Waals surface area contributed by atoms with Crippen molar-refractivity contribution in [2.75, 3.05) is 50.0 Å². The standard InChI is InChI=1S/C41H49N15O7/c1-5-55-30(18-24(3)49-55)37(59)47-39-45-28-20-26(34(42)57)22-32(63-17-9-10-51-13-15-52(16-14-51)41(61)62)33(28)53(39)11-7-8-12-54-36-29(21-27(23-44-36)35(43)58)46-40(54)48-38(60)31-19-25(4)50-56(31)6-2/h7-8,18-23H,5-6,9-17H2,1-4H3,(H2,42,57)(H2,43,58)(H,61,62)(H,45,47,59)(H,46,48,60). The number of ether oxygens (including phenoxy) is 1. The van der Waals surface area contributed by atoms with Crippen LogP contribution in [-0.4, -0.2) is 128 Å². The molecule has 1 aliphatic heterocycles. The van der Waals surface area contributed by atoms with Crippen LogP contribution in [0.2, 0.25) is 0 Å². The monoisotopic (exact) mass is 863 g/mol. The van der Waals surface area contributed by atoms with Crippen molar-refractivity contribution >= 4 is 63.8 Å². The second kappa shape index (κ2) is 18.6. The number of hydrogen-bond acceptors (Lipinski definition) is 12. The van der Waals surface area contributed by atoms with Gasteiger partial charge in [-0.1, -0.05) is 12.2 Å². The molecule has 1 fully saturated rings. The number of carboxylic acid groups (broad SMARTS) is 1. The van der Waals surface area contributed by atoms with Gasteiger partial charge in [-0.25, -0.2) is 19.7 Å². The zero-order valence-corrected chi connectivity index (χ0v) is 35.4. The molecule has 0 atom stereocenters. The maximum Gasteiger partial charge on any atom is 0.407 e. The Morgan fingerprint density at radius 2 is 1.32 bits per heavy atom. The Morgan fingerprint density at radius 3 is 1.89 bits per heavy atom. The summed E-state index contributed by atoms with van der Waals surface area (Å²) in [6, 6.07) is 7.93. The van der Waals surface area contributed by atoms with E-state index in [2.05, 4.69) is 35.7 Å². The minimum atomic E-state index is -0.933. The number of benzene rings is 1. The van der Waals surface area contributed by atoms with Crippen molar-refractivity contribution in [3.63, 3.8) is 0 Å². The highest BCUT2D eigenvalue weighted by molar-refractivity contribution is 6.05. The largest absolute Gasteiger partial charge is 0.491 e. The highest BCUT2D eigenvalue weighted by Crippen LogP contribution is 2.32. The molecule has 0 spiro atoms. The molecule has 0 bridgehead atoms. The average Bonchev–Trinajstić information content (AvgIpc) is 4.02. The molecular formula is C41H49N15O7. The van der Waals surface area contributed by atoms with E-state index in [4.69, 9.17) is 21.2 Å². The molecule has 5 aromatic heterocycles. The summed E-state index contributed by atoms with van der Waals surface area (Å²) in [5, 5.41) is 23.9. The fourth-order valence-electron chi connectivity index (χ4n) is 7.43. The lowest BCUT2D eigenvalue weighted by Crippen LogP contribution is -2.48. The van der Waals surface area contributed by atoms with Crippen molar-refractivity contribution in [1.82, 2.24) is 53.4 Å². The Balaban J connectivity index is 1.20. The van der Waals surface area contributed by atoms with Crippen molar-refractivity contribution in [2.24, 2.45) is 11.5 Å². The number of nitrogens with two attached hydrogens (primary N) is 2. The predicted octanol–water partition coefficient (Wildman–Crippen LogP) is 2.85. The van der Waals surface area contributed by atoms with E-state index in [1.807, 2.05) is 26.0 Å². The number of allylic oxidation sites excluding steroid dienone is 2. The van der Waals surface area contributed by atoms with Crippen LogP contribution in [0.5, 0.6) is 5.75 Å². The van der Waals surface area contributed by atoms with Gasteiger partial charge in [0.2, 0.25) is 23.7 Å². The van der Waals surface area contributed by atoms with E-state index < -0.39 is 29.7 Å². The van der Waals surface area contributed by atoms with Crippen molar-refractivity contribution < 1.29 is 33.8 Å². The summed E-state index contributed by atoms with van der Waals surface area (Å²) in [7, 11) is 0. The first kappa shape index (κ1) is 43.5. The molecule has 6 aromatic rings. The molecule has 6 heterocycles. The highest BCUT2D eigenvalue weighted by Gasteiger charge is 2.24. The number of carbonyl (C=O) groups is 5. The van der Waals surface area contributed by atoms with E-state index in [9.17, 15) is 29.1 Å². The Bertz CT molecular complexity index is 2750. The number of aryl methyl sites for hydroxylation is 4. The van der Waals surface area contributed by atoms with E-state index >= 15 is 0 Å². The molecule has 22 nitrogen and oxygen atoms in total. The minimum Gasteiger partial charge on any atom is -0.491 e. The average molecular weight is 864 g/mol. The summed E-state index contributed by atoms with van der Waals surface area (Å²) in [5.41, 5.74) is 15.1. The van der Waals surface area contributed by atoms with Crippen LogP contribution in [0.15, 0.2) is 48.7 Å². The number of rotatable bonds is 17. The summed E-state index contributed by atoms with van der Waals surface area (Å²) in [4.78, 5) is 80.6. The number of amides is 5. The Labute approximate surface area is 360 Å². The number of nitrogens with one attached hydrogen (secondary N) is 2. The summed E-state index contributed by atoms with van der Waals surface area (Å²) in [5.74, 6) is -1.63. The van der Waals surface area contributed by atoms with Crippen LogP contribution in [0.1, 0.15) is 73.3 Å². The van der Waals surface area contributed by atoms with Crippen LogP contribution >= 0.6 is 0 Å². The van der Waals surface area contributed by atoms with E-state index in [-0.39, 0.29) is 42.7 Å². The normalized spacial score (nSPS) is 13.3. The Morgan fingerprint density at radius 1 is 0.762 bits per heavy atom. The smallest absolute Gasteiger partial charge is 0.407 e. The van der Waals surface area contributed by atoms with Gasteiger partial charge in [0.25, 0.3) is 11.8 Å². The number of piperazine rings is 1. The van der Waals surface area contributed by atoms with Crippen molar-refractivity contribution in [1.29, 1.82) is 0 Å². The lowest BCUT2D eigenvalue weighted by atomic mass is 10.1. The van der Waals surface area contributed by atoms with Crippen LogP contribution in [0.4, 0.5) is 16.7 Å². The number of pyridine rings is 1. The van der Waals surface area contributed by atoms with Crippen LogP contribution in [0, 0.1) is 13.8 Å². The minimum absolute atomic E-state index is 0.140. The van der Waals surface area contributed by atoms with Gasteiger partial charge in [-0.15, -0.1) is 0 Å². The molecule has 7 N–H and O–H groups in total. The van der Waals surface area contributed by atoms with E-state index in [0.717, 1.165) is 0 Å². The molecule has 0 aliphatic carbocycles. The SMILES string of the molecule is CCn1nc(C)cc1C(=O)Nc1nc2cc(C(N)=O)cnc2n1CC=CCn1c(NC(=O)c2cc(C)nn2CC)nc2cc(C(N)=O)cc(OCCCN3CCN(C(=O)O)CC3)c21. The first-order valence-electron chi connectivity index (χ1n) is 20.4. The molecule has 22 heteroatoms. The lowest BCUT2D eigenvalue weighted by Gasteiger charge is -2.32. The first-order valence-corrected chi connectivity index (χ1v) is 20.4. The van der Waals surface area contributed by atoms with Crippen LogP contribution in [-0.2, 0) is 26.2 Å². The lowest BCUT2D eigenvalue weighted by molar-refractivity contribution is 0.0991. The van der Waals surface area contributed by atoms with E-state index in [1.54, 1.807) is 50.5 Å². The molecular weight excluding hydrogens is 815 g/mol. The zero-order valence-electron chi connectivity index (χ0n) is 35.4. The van der Waals surface area contributed by atoms with E-state index in [0.29, 0.717) is 103 Å². The number of aromatic nitrogens is 9. The molecule has 1 aromatic carbocycles. The number of nitrogens with zero attached hydrogens (tertiary/aromatic N) is 11. The number of anilines is 2. The number of fused-ring (bicyclic) bond motifs is 2. The fourth-order valence-corrected chi connectivity index (χ4v) is 7.43. The van der Waals surface area contributed by atoms with Gasteiger partial charge in [-0.05, 0) is 64.4 Å². The van der Waals surface area contributed by atoms with Crippen molar-refractivity contribution in [3.8, 4) is 5.75 Å². The van der Waals surface area contributed by atoms with Crippen LogP contribution in [0.25, 0.3) is 22.2 Å². The molecule has 0 saturated carbocycles. The third-order valence-corrected chi connectivity index (χ3v) is 10.5. The van der Waals surface area contributed by atoms with Gasteiger partial charge >= 0.3 is 6.09 Å². The quantitative estimate of drug-likeness (QED) is 0.0652. The zero-order chi connectivity index (χ0) is 44.9. The van der Waals surface area contributed by atoms with Gasteiger partial charge in [0, 0.05) is 70.7 Å². The van der Waals surface area contributed by atoms with Gasteiger partial charge in [0.15, 0.2) is 5.65 Å². The van der Waals surface area contributed by atoms with Crippen molar-refractivity contribution in [2.45, 2.75) is 60.3 Å². The number of primary amides is 2. The third kappa shape index (κ3) is 9.49. The summed E-state index contributed by atoms with van der Waals surface area (Å²) in [6.45, 7) is 11.5. The maximum absolute atomic E-state index is 13.8. The summed E-state index contributed by atoms with van der Waals surface area (Å²) >= 11 is 0. The predicted molar refractivity (Wildman–Crippen MR) is 231 cm³/mol. The highest BCUT2D eigenvalue weighted by atomic mass is 16.5. The number of hydrogen-bond donors (Lipinski definition) is 5. The fraction of sp³-hybridized carbons (Fsp3) is 0.366. The number of imidazole rings is 2. The molecule has 0 unspecified atom stereocenters. The van der Waals surface area contributed by atoms with Crippen LogP contribution in [0.3, 0.4) is 0 Å². The molecule has 1 saturated heterocycles. The molecule has 0 radical (unpaired) electrons. The Kier molecular flexibility index (Phi) is 12.8. The molecule has 330 valence electrons. The van der Waals surface area contributed by atoms with E-state index in [1.165, 1.54) is 23.2 Å².